The fourth-order valence-electron chi connectivity index (χ4n) is 1.95. The van der Waals surface area contributed by atoms with Crippen molar-refractivity contribution in [1.82, 2.24) is 4.98 Å². The maximum absolute atomic E-state index is 10.9. The molecular formula is C12H17N3O3. The molecule has 0 saturated carbocycles. The molecular weight excluding hydrogens is 234 g/mol. The number of primary amides is 1. The maximum atomic E-state index is 10.9. The predicted octanol–water partition coefficient (Wildman–Crippen LogP) is -0.498. The first-order chi connectivity index (χ1) is 8.40. The van der Waals surface area contributed by atoms with Crippen LogP contribution < -0.4 is 10.6 Å². The second kappa shape index (κ2) is 4.55. The summed E-state index contributed by atoms with van der Waals surface area (Å²) >= 11 is 0. The summed E-state index contributed by atoms with van der Waals surface area (Å²) in [6.45, 7) is 2.54. The van der Waals surface area contributed by atoms with E-state index in [2.05, 4.69) is 4.98 Å². The average molecular weight is 251 g/mol. The number of hydrogen-bond donors (Lipinski definition) is 3. The highest BCUT2D eigenvalue weighted by Crippen LogP contribution is 2.25. The zero-order valence-corrected chi connectivity index (χ0v) is 10.2. The first-order valence-corrected chi connectivity index (χ1v) is 5.81. The second-order valence-corrected chi connectivity index (χ2v) is 4.84. The van der Waals surface area contributed by atoms with E-state index in [1.807, 2.05) is 4.90 Å². The predicted molar refractivity (Wildman–Crippen MR) is 66.2 cm³/mol. The number of anilines is 1. The molecule has 0 unspecified atom stereocenters. The lowest BCUT2D eigenvalue weighted by Crippen LogP contribution is -2.54. The Morgan fingerprint density at radius 1 is 1.61 bits per heavy atom. The Morgan fingerprint density at radius 3 is 2.83 bits per heavy atom. The smallest absolute Gasteiger partial charge is 0.250 e. The normalized spacial score (nSPS) is 28.2. The zero-order valence-electron chi connectivity index (χ0n) is 10.2. The quantitative estimate of drug-likeness (QED) is 0.658. The molecule has 2 atom stereocenters. The Labute approximate surface area is 105 Å². The molecule has 1 aliphatic heterocycles. The second-order valence-electron chi connectivity index (χ2n) is 4.84. The largest absolute Gasteiger partial charge is 0.388 e. The highest BCUT2D eigenvalue weighted by molar-refractivity contribution is 5.92. The fourth-order valence-corrected chi connectivity index (χ4v) is 1.95. The van der Waals surface area contributed by atoms with Gasteiger partial charge in [0.2, 0.25) is 5.91 Å². The van der Waals surface area contributed by atoms with Crippen LogP contribution in [-0.2, 0) is 0 Å². The third kappa shape index (κ3) is 2.44. The number of aliphatic hydroxyl groups is 2. The van der Waals surface area contributed by atoms with Crippen molar-refractivity contribution in [3.8, 4) is 0 Å². The van der Waals surface area contributed by atoms with Crippen molar-refractivity contribution >= 4 is 11.7 Å². The molecule has 2 rings (SSSR count). The molecule has 0 aliphatic carbocycles. The van der Waals surface area contributed by atoms with E-state index in [-0.39, 0.29) is 0 Å². The van der Waals surface area contributed by atoms with E-state index in [4.69, 9.17) is 5.73 Å². The number of piperidine rings is 1. The van der Waals surface area contributed by atoms with Gasteiger partial charge in [-0.1, -0.05) is 0 Å². The van der Waals surface area contributed by atoms with Crippen LogP contribution in [0, 0.1) is 0 Å². The molecule has 18 heavy (non-hydrogen) atoms. The van der Waals surface area contributed by atoms with Crippen LogP contribution in [0.5, 0.6) is 0 Å². The fraction of sp³-hybridized carbons (Fsp3) is 0.500. The van der Waals surface area contributed by atoms with Crippen LogP contribution in [0.2, 0.25) is 0 Å². The van der Waals surface area contributed by atoms with Crippen LogP contribution in [0.1, 0.15) is 23.7 Å². The summed E-state index contributed by atoms with van der Waals surface area (Å²) in [5.41, 5.74) is 4.43. The monoisotopic (exact) mass is 251 g/mol. The minimum absolute atomic E-state index is 0.315. The molecule has 0 bridgehead atoms. The van der Waals surface area contributed by atoms with Gasteiger partial charge in [0.15, 0.2) is 0 Å². The van der Waals surface area contributed by atoms with E-state index >= 15 is 0 Å². The van der Waals surface area contributed by atoms with Crippen molar-refractivity contribution in [2.24, 2.45) is 5.73 Å². The third-order valence-electron chi connectivity index (χ3n) is 3.36. The summed E-state index contributed by atoms with van der Waals surface area (Å²) in [7, 11) is 0. The van der Waals surface area contributed by atoms with Gasteiger partial charge in [0, 0.05) is 19.3 Å². The number of aromatic nitrogens is 1. The summed E-state index contributed by atoms with van der Waals surface area (Å²) < 4.78 is 0. The number of aliphatic hydroxyl groups excluding tert-OH is 1. The summed E-state index contributed by atoms with van der Waals surface area (Å²) in [6, 6.07) is 3.29. The topological polar surface area (TPSA) is 99.7 Å². The van der Waals surface area contributed by atoms with Crippen LogP contribution >= 0.6 is 0 Å². The molecule has 0 radical (unpaired) electrons. The Morgan fingerprint density at radius 2 is 2.33 bits per heavy atom. The van der Waals surface area contributed by atoms with Crippen LogP contribution in [0.4, 0.5) is 5.82 Å². The highest BCUT2D eigenvalue weighted by Gasteiger charge is 2.36. The molecule has 1 saturated heterocycles. The lowest BCUT2D eigenvalue weighted by Gasteiger charge is -2.40. The van der Waals surface area contributed by atoms with Gasteiger partial charge in [-0.3, -0.25) is 4.79 Å². The molecule has 2 heterocycles. The highest BCUT2D eigenvalue weighted by atomic mass is 16.3. The van der Waals surface area contributed by atoms with Crippen LogP contribution in [-0.4, -0.2) is 45.9 Å². The summed E-state index contributed by atoms with van der Waals surface area (Å²) in [6.07, 6.45) is 1.06. The molecule has 6 nitrogen and oxygen atoms in total. The number of β-amino-alcohol motifs (C(OH)–C–C–N with tert-alkyl or cyclic N) is 1. The van der Waals surface area contributed by atoms with Gasteiger partial charge in [-0.25, -0.2) is 4.98 Å². The Bertz CT molecular complexity index is 444. The zero-order chi connectivity index (χ0) is 13.3. The molecule has 0 spiro atoms. The number of nitrogens with zero attached hydrogens (tertiary/aromatic N) is 2. The van der Waals surface area contributed by atoms with Gasteiger partial charge in [-0.2, -0.15) is 0 Å². The first kappa shape index (κ1) is 12.8. The number of nitrogens with two attached hydrogens (primary N) is 1. The lowest BCUT2D eigenvalue weighted by molar-refractivity contribution is -0.0722. The Balaban J connectivity index is 2.11. The van der Waals surface area contributed by atoms with E-state index in [0.29, 0.717) is 30.9 Å². The van der Waals surface area contributed by atoms with Gasteiger partial charge in [0.05, 0.1) is 17.3 Å². The van der Waals surface area contributed by atoms with Gasteiger partial charge in [-0.05, 0) is 25.5 Å². The number of carbonyl (C=O) groups is 1. The Kier molecular flexibility index (Phi) is 3.23. The van der Waals surface area contributed by atoms with E-state index in [9.17, 15) is 15.0 Å². The molecule has 98 valence electrons. The van der Waals surface area contributed by atoms with Gasteiger partial charge in [-0.15, -0.1) is 0 Å². The van der Waals surface area contributed by atoms with E-state index in [1.54, 1.807) is 19.1 Å². The average Bonchev–Trinajstić information content (AvgIpc) is 2.33. The summed E-state index contributed by atoms with van der Waals surface area (Å²) in [4.78, 5) is 16.9. The SMILES string of the molecule is C[C@@]1(O)CCN(c2ccc(C(N)=O)cn2)C[C@@H]1O. The van der Waals surface area contributed by atoms with E-state index in [1.165, 1.54) is 6.20 Å². The van der Waals surface area contributed by atoms with Gasteiger partial charge in [0.1, 0.15) is 5.82 Å². The molecule has 1 aliphatic rings. The van der Waals surface area contributed by atoms with Crippen molar-refractivity contribution in [1.29, 1.82) is 0 Å². The van der Waals surface area contributed by atoms with Crippen LogP contribution in [0.15, 0.2) is 18.3 Å². The van der Waals surface area contributed by atoms with Gasteiger partial charge >= 0.3 is 0 Å². The molecule has 1 aromatic heterocycles. The van der Waals surface area contributed by atoms with Crippen molar-refractivity contribution in [2.75, 3.05) is 18.0 Å². The minimum Gasteiger partial charge on any atom is -0.388 e. The van der Waals surface area contributed by atoms with Crippen LogP contribution in [0.3, 0.4) is 0 Å². The van der Waals surface area contributed by atoms with Crippen molar-refractivity contribution in [2.45, 2.75) is 25.0 Å². The number of rotatable bonds is 2. The molecule has 4 N–H and O–H groups in total. The molecule has 1 amide bonds. The van der Waals surface area contributed by atoms with Crippen molar-refractivity contribution in [3.63, 3.8) is 0 Å². The number of amides is 1. The van der Waals surface area contributed by atoms with Crippen molar-refractivity contribution < 1.29 is 15.0 Å². The molecule has 1 fully saturated rings. The van der Waals surface area contributed by atoms with Gasteiger partial charge < -0.3 is 20.8 Å². The van der Waals surface area contributed by atoms with Gasteiger partial charge in [0.25, 0.3) is 0 Å². The standard InChI is InChI=1S/C12H17N3O3/c1-12(18)4-5-15(7-9(12)16)10-3-2-8(6-14-10)11(13)17/h2-3,6,9,16,18H,4-5,7H2,1H3,(H2,13,17)/t9-,12+/m0/s1. The van der Waals surface area contributed by atoms with Crippen molar-refractivity contribution in [3.05, 3.63) is 23.9 Å². The number of pyridine rings is 1. The Hall–Kier alpha value is -1.66. The maximum Gasteiger partial charge on any atom is 0.250 e. The van der Waals surface area contributed by atoms with Crippen LogP contribution in [0.25, 0.3) is 0 Å². The summed E-state index contributed by atoms with van der Waals surface area (Å²) in [5.74, 6) is 0.144. The van der Waals surface area contributed by atoms with E-state index in [0.717, 1.165) is 0 Å². The third-order valence-corrected chi connectivity index (χ3v) is 3.36. The van der Waals surface area contributed by atoms with E-state index < -0.39 is 17.6 Å². The first-order valence-electron chi connectivity index (χ1n) is 5.81. The lowest BCUT2D eigenvalue weighted by atomic mass is 9.91. The molecule has 0 aromatic carbocycles. The molecule has 6 heteroatoms. The number of hydrogen-bond acceptors (Lipinski definition) is 5. The minimum atomic E-state index is -1.05. The number of carbonyl (C=O) groups excluding carboxylic acids is 1. The molecule has 1 aromatic rings. The summed E-state index contributed by atoms with van der Waals surface area (Å²) in [5, 5.41) is 19.7.